The van der Waals surface area contributed by atoms with E-state index in [1.54, 1.807) is 0 Å². The van der Waals surface area contributed by atoms with E-state index in [0.717, 1.165) is 66.5 Å². The Labute approximate surface area is 241 Å². The van der Waals surface area contributed by atoms with Crippen molar-refractivity contribution in [2.45, 2.75) is 90.4 Å². The van der Waals surface area contributed by atoms with Crippen LogP contribution in [0.5, 0.6) is 0 Å². The smallest absolute Gasteiger partial charge is 0.259 e. The van der Waals surface area contributed by atoms with Gasteiger partial charge in [-0.2, -0.15) is 15.3 Å². The van der Waals surface area contributed by atoms with Gasteiger partial charge in [-0.25, -0.2) is 4.52 Å². The van der Waals surface area contributed by atoms with Crippen LogP contribution < -0.4 is 5.56 Å². The Morgan fingerprint density at radius 1 is 1.17 bits per heavy atom. The third kappa shape index (κ3) is 5.83. The van der Waals surface area contributed by atoms with Crippen molar-refractivity contribution in [3.05, 3.63) is 87.1 Å². The van der Waals surface area contributed by atoms with E-state index < -0.39 is 0 Å². The lowest BCUT2D eigenvalue weighted by Gasteiger charge is -2.39. The number of nitrogens with zero attached hydrogens (tertiary/aromatic N) is 5. The molecule has 0 amide bonds. The topological polar surface area (TPSA) is 105 Å². The van der Waals surface area contributed by atoms with Gasteiger partial charge in [-0.1, -0.05) is 55.8 Å². The van der Waals surface area contributed by atoms with Crippen LogP contribution in [0.25, 0.3) is 16.9 Å². The summed E-state index contributed by atoms with van der Waals surface area (Å²) in [6.45, 7) is 7.96. The normalized spacial score (nSPS) is 19.8. The lowest BCUT2D eigenvalue weighted by Crippen LogP contribution is -2.41. The minimum atomic E-state index is -0.320. The van der Waals surface area contributed by atoms with Gasteiger partial charge >= 0.3 is 0 Å². The van der Waals surface area contributed by atoms with Crippen molar-refractivity contribution < 1.29 is 9.84 Å². The molecule has 0 bridgehead atoms. The summed E-state index contributed by atoms with van der Waals surface area (Å²) in [5.74, 6) is 1.26. The van der Waals surface area contributed by atoms with Crippen LogP contribution in [-0.4, -0.2) is 42.6 Å². The molecule has 0 spiro atoms. The highest BCUT2D eigenvalue weighted by Gasteiger charge is 2.35. The third-order valence-electron chi connectivity index (χ3n) is 8.29. The van der Waals surface area contributed by atoms with Crippen molar-refractivity contribution in [1.29, 1.82) is 5.26 Å². The Bertz CT molecular complexity index is 1620. The van der Waals surface area contributed by atoms with Crippen LogP contribution in [0, 0.1) is 18.3 Å². The average molecular weight is 554 g/mol. The summed E-state index contributed by atoms with van der Waals surface area (Å²) in [5, 5.41) is 23.8. The fourth-order valence-electron chi connectivity index (χ4n) is 6.18. The first-order valence-corrected chi connectivity index (χ1v) is 14.6. The molecule has 1 unspecified atom stereocenters. The van der Waals surface area contributed by atoms with Crippen molar-refractivity contribution in [2.75, 3.05) is 6.61 Å². The van der Waals surface area contributed by atoms with Gasteiger partial charge in [0, 0.05) is 18.0 Å². The summed E-state index contributed by atoms with van der Waals surface area (Å²) < 4.78 is 9.93. The summed E-state index contributed by atoms with van der Waals surface area (Å²) in [6, 6.07) is 18.0. The molecule has 1 N–H and O–H groups in total. The van der Waals surface area contributed by atoms with Crippen LogP contribution in [0.3, 0.4) is 0 Å². The molecule has 4 aromatic rings. The van der Waals surface area contributed by atoms with Gasteiger partial charge in [-0.05, 0) is 75.6 Å². The van der Waals surface area contributed by atoms with E-state index in [2.05, 4.69) is 19.9 Å². The fraction of sp³-hybridized carbons (Fsp3) is 0.455. The number of aliphatic hydroxyl groups is 1. The first-order chi connectivity index (χ1) is 19.8. The first kappa shape index (κ1) is 28.7. The minimum absolute atomic E-state index is 0.00509. The molecule has 0 saturated heterocycles. The van der Waals surface area contributed by atoms with E-state index in [-0.39, 0.29) is 29.9 Å². The van der Waals surface area contributed by atoms with Crippen molar-refractivity contribution >= 4 is 5.78 Å². The number of nitriles is 1. The van der Waals surface area contributed by atoms with Crippen LogP contribution >= 0.6 is 0 Å². The quantitative estimate of drug-likeness (QED) is 0.291. The van der Waals surface area contributed by atoms with Gasteiger partial charge in [0.05, 0.1) is 35.6 Å². The summed E-state index contributed by atoms with van der Waals surface area (Å²) in [5.41, 5.74) is 4.91. The molecular formula is C33H39N5O3. The Morgan fingerprint density at radius 3 is 2.54 bits per heavy atom. The highest BCUT2D eigenvalue weighted by molar-refractivity contribution is 5.70. The van der Waals surface area contributed by atoms with E-state index in [9.17, 15) is 15.2 Å². The molecular weight excluding hydrogens is 514 g/mol. The Kier molecular flexibility index (Phi) is 8.39. The van der Waals surface area contributed by atoms with Crippen LogP contribution in [-0.2, 0) is 17.6 Å². The van der Waals surface area contributed by atoms with Crippen LogP contribution in [0.1, 0.15) is 87.1 Å². The van der Waals surface area contributed by atoms with Gasteiger partial charge < -0.3 is 9.84 Å². The van der Waals surface area contributed by atoms with E-state index in [4.69, 9.17) is 14.8 Å². The molecule has 8 heteroatoms. The Balaban J connectivity index is 1.52. The largest absolute Gasteiger partial charge is 0.394 e. The number of benzene rings is 2. The monoisotopic (exact) mass is 553 g/mol. The van der Waals surface area contributed by atoms with Crippen LogP contribution in [0.15, 0.2) is 53.3 Å². The summed E-state index contributed by atoms with van der Waals surface area (Å²) in [6.07, 6.45) is 5.06. The molecule has 1 atom stereocenters. The second-order valence-electron chi connectivity index (χ2n) is 11.5. The lowest BCUT2D eigenvalue weighted by atomic mass is 9.83. The zero-order valence-corrected chi connectivity index (χ0v) is 24.4. The van der Waals surface area contributed by atoms with Crippen molar-refractivity contribution in [1.82, 2.24) is 19.2 Å². The van der Waals surface area contributed by atoms with Gasteiger partial charge in [0.2, 0.25) is 5.78 Å². The molecule has 0 aliphatic heterocycles. The number of rotatable bonds is 9. The van der Waals surface area contributed by atoms with Crippen molar-refractivity contribution in [3.63, 3.8) is 0 Å². The Hall–Kier alpha value is -3.80. The number of hydrogen-bond acceptors (Lipinski definition) is 6. The molecule has 214 valence electrons. The molecule has 1 saturated carbocycles. The maximum atomic E-state index is 14.3. The Morgan fingerprint density at radius 2 is 1.88 bits per heavy atom. The number of aryl methyl sites for hydroxylation is 2. The number of aliphatic hydroxyl groups excluding tert-OH is 1. The van der Waals surface area contributed by atoms with Crippen LogP contribution in [0.4, 0.5) is 0 Å². The van der Waals surface area contributed by atoms with Crippen molar-refractivity contribution in [3.8, 4) is 17.2 Å². The molecule has 0 radical (unpaired) electrons. The number of fused-ring (bicyclic) bond motifs is 1. The van der Waals surface area contributed by atoms with Crippen LogP contribution in [0.2, 0.25) is 0 Å². The van der Waals surface area contributed by atoms with Gasteiger partial charge in [0.1, 0.15) is 5.82 Å². The predicted molar refractivity (Wildman–Crippen MR) is 159 cm³/mol. The number of aromatic nitrogens is 4. The highest BCUT2D eigenvalue weighted by Crippen LogP contribution is 2.38. The van der Waals surface area contributed by atoms with Gasteiger partial charge in [0.15, 0.2) is 0 Å². The summed E-state index contributed by atoms with van der Waals surface area (Å²) in [4.78, 5) is 19.1. The molecule has 2 aromatic carbocycles. The average Bonchev–Trinajstić information content (AvgIpc) is 3.36. The molecule has 41 heavy (non-hydrogen) atoms. The number of ether oxygens (including phenoxy) is 1. The predicted octanol–water partition coefficient (Wildman–Crippen LogP) is 5.55. The standard InChI is InChI=1S/C33H39N5O3/c1-5-8-30-29(19-24-11-13-25(14-12-24)28-10-7-6-9-26(28)20-34)31(40)37(32-35-23(3)36-38(30)32)27-15-17-33(4,18-16-27)41-22(2)21-39/h6-7,9-14,22,27,39H,5,8,15-19,21H2,1-4H3. The molecule has 8 nitrogen and oxygen atoms in total. The molecule has 1 fully saturated rings. The third-order valence-corrected chi connectivity index (χ3v) is 8.29. The van der Waals surface area contributed by atoms with E-state index in [1.807, 2.05) is 71.5 Å². The van der Waals surface area contributed by atoms with Gasteiger partial charge in [-0.3, -0.25) is 9.36 Å². The lowest BCUT2D eigenvalue weighted by molar-refractivity contribution is -0.114. The minimum Gasteiger partial charge on any atom is -0.394 e. The summed E-state index contributed by atoms with van der Waals surface area (Å²) in [7, 11) is 0. The molecule has 1 aliphatic rings. The van der Waals surface area contributed by atoms with Gasteiger partial charge in [0.25, 0.3) is 5.56 Å². The zero-order valence-electron chi connectivity index (χ0n) is 24.4. The van der Waals surface area contributed by atoms with Crippen molar-refractivity contribution in [2.24, 2.45) is 0 Å². The maximum Gasteiger partial charge on any atom is 0.259 e. The molecule has 1 aliphatic carbocycles. The zero-order chi connectivity index (χ0) is 29.1. The highest BCUT2D eigenvalue weighted by atomic mass is 16.5. The second-order valence-corrected chi connectivity index (χ2v) is 11.5. The van der Waals surface area contributed by atoms with E-state index >= 15 is 0 Å². The first-order valence-electron chi connectivity index (χ1n) is 14.6. The summed E-state index contributed by atoms with van der Waals surface area (Å²) >= 11 is 0. The molecule has 2 heterocycles. The fourth-order valence-corrected chi connectivity index (χ4v) is 6.18. The second kappa shape index (κ2) is 12.0. The van der Waals surface area contributed by atoms with E-state index in [1.165, 1.54) is 0 Å². The van der Waals surface area contributed by atoms with E-state index in [0.29, 0.717) is 23.6 Å². The number of hydrogen-bond donors (Lipinski definition) is 1. The molecule has 2 aromatic heterocycles. The molecule has 5 rings (SSSR count). The maximum absolute atomic E-state index is 14.3. The van der Waals surface area contributed by atoms with Gasteiger partial charge in [-0.15, -0.1) is 0 Å². The SMILES string of the molecule is CCCc1c(Cc2ccc(-c3ccccc3C#N)cc2)c(=O)n(C2CCC(C)(OC(C)CO)CC2)c2nc(C)nn12.